The van der Waals surface area contributed by atoms with Crippen LogP contribution in [0, 0.1) is 5.92 Å². The van der Waals surface area contributed by atoms with Crippen molar-refractivity contribution in [2.24, 2.45) is 5.92 Å². The molecule has 0 bridgehead atoms. The van der Waals surface area contributed by atoms with E-state index in [9.17, 15) is 4.79 Å². The van der Waals surface area contributed by atoms with Gasteiger partial charge < -0.3 is 9.84 Å². The van der Waals surface area contributed by atoms with E-state index in [4.69, 9.17) is 9.84 Å². The van der Waals surface area contributed by atoms with Gasteiger partial charge in [-0.15, -0.1) is 0 Å². The molecular weight excluding hydrogens is 168 g/mol. The molecule has 0 radical (unpaired) electrons. The van der Waals surface area contributed by atoms with Crippen molar-refractivity contribution in [1.29, 1.82) is 0 Å². The van der Waals surface area contributed by atoms with Crippen LogP contribution < -0.4 is 0 Å². The fourth-order valence-electron chi connectivity index (χ4n) is 1.52. The number of ether oxygens (including phenoxy) is 1. The van der Waals surface area contributed by atoms with E-state index in [0.717, 1.165) is 12.3 Å². The summed E-state index contributed by atoms with van der Waals surface area (Å²) in [7, 11) is 0. The minimum atomic E-state index is -0.837. The molecule has 0 aliphatic heterocycles. The molecule has 1 atom stereocenters. The van der Waals surface area contributed by atoms with Crippen LogP contribution in [0.3, 0.4) is 0 Å². The van der Waals surface area contributed by atoms with Crippen LogP contribution in [-0.4, -0.2) is 23.8 Å². The summed E-state index contributed by atoms with van der Waals surface area (Å²) in [6.45, 7) is 2.44. The third-order valence-electron chi connectivity index (χ3n) is 2.72. The molecule has 1 N–H and O–H groups in total. The van der Waals surface area contributed by atoms with Crippen molar-refractivity contribution in [3.8, 4) is 0 Å². The van der Waals surface area contributed by atoms with Crippen LogP contribution in [0.25, 0.3) is 0 Å². The van der Waals surface area contributed by atoms with E-state index in [2.05, 4.69) is 0 Å². The smallest absolute Gasteiger partial charge is 0.332 e. The minimum absolute atomic E-state index is 0.556. The van der Waals surface area contributed by atoms with Crippen LogP contribution in [-0.2, 0) is 9.53 Å². The molecule has 76 valence electrons. The topological polar surface area (TPSA) is 46.5 Å². The predicted octanol–water partition coefficient (Wildman–Crippen LogP) is 2.06. The standard InChI is InChI=1S/C10H18O3/c1-2-9(10(11)12)13-7-6-8-4-3-5-8/h8-9H,2-7H2,1H3,(H,11,12). The molecule has 1 aliphatic rings. The summed E-state index contributed by atoms with van der Waals surface area (Å²) in [5, 5.41) is 8.68. The molecule has 0 amide bonds. The fourth-order valence-corrected chi connectivity index (χ4v) is 1.52. The Labute approximate surface area is 79.1 Å². The SMILES string of the molecule is CCC(OCCC1CCC1)C(=O)O. The van der Waals surface area contributed by atoms with Crippen molar-refractivity contribution in [3.05, 3.63) is 0 Å². The van der Waals surface area contributed by atoms with Crippen molar-refractivity contribution in [1.82, 2.24) is 0 Å². The lowest BCUT2D eigenvalue weighted by Crippen LogP contribution is -2.24. The molecule has 0 heterocycles. The Morgan fingerprint density at radius 1 is 1.62 bits per heavy atom. The van der Waals surface area contributed by atoms with Crippen molar-refractivity contribution in [3.63, 3.8) is 0 Å². The van der Waals surface area contributed by atoms with E-state index in [1.807, 2.05) is 6.92 Å². The fraction of sp³-hybridized carbons (Fsp3) is 0.900. The first-order chi connectivity index (χ1) is 6.24. The number of hydrogen-bond acceptors (Lipinski definition) is 2. The first kappa shape index (κ1) is 10.5. The van der Waals surface area contributed by atoms with Crippen LogP contribution in [0.2, 0.25) is 0 Å². The lowest BCUT2D eigenvalue weighted by atomic mass is 9.83. The Morgan fingerprint density at radius 3 is 2.69 bits per heavy atom. The van der Waals surface area contributed by atoms with Crippen molar-refractivity contribution in [2.75, 3.05) is 6.61 Å². The van der Waals surface area contributed by atoms with E-state index in [0.29, 0.717) is 13.0 Å². The number of hydrogen-bond donors (Lipinski definition) is 1. The van der Waals surface area contributed by atoms with Gasteiger partial charge in [-0.25, -0.2) is 4.79 Å². The predicted molar refractivity (Wildman–Crippen MR) is 49.6 cm³/mol. The molecule has 0 aromatic carbocycles. The van der Waals surface area contributed by atoms with Gasteiger partial charge in [-0.05, 0) is 18.8 Å². The molecule has 3 nitrogen and oxygen atoms in total. The van der Waals surface area contributed by atoms with Gasteiger partial charge in [0.05, 0.1) is 0 Å². The summed E-state index contributed by atoms with van der Waals surface area (Å²) in [5.41, 5.74) is 0. The van der Waals surface area contributed by atoms with Gasteiger partial charge in [0.1, 0.15) is 0 Å². The first-order valence-corrected chi connectivity index (χ1v) is 5.08. The molecule has 1 unspecified atom stereocenters. The lowest BCUT2D eigenvalue weighted by molar-refractivity contribution is -0.150. The summed E-state index contributed by atoms with van der Waals surface area (Å²) in [6, 6.07) is 0. The maximum atomic E-state index is 10.6. The molecule has 0 saturated heterocycles. The third kappa shape index (κ3) is 3.35. The van der Waals surface area contributed by atoms with Gasteiger partial charge in [-0.3, -0.25) is 0 Å². The molecule has 3 heteroatoms. The highest BCUT2D eigenvalue weighted by Gasteiger charge is 2.19. The van der Waals surface area contributed by atoms with Gasteiger partial charge in [0.15, 0.2) is 6.10 Å². The summed E-state index contributed by atoms with van der Waals surface area (Å²) in [6.07, 6.45) is 4.92. The van der Waals surface area contributed by atoms with E-state index in [-0.39, 0.29) is 0 Å². The van der Waals surface area contributed by atoms with Gasteiger partial charge in [0.2, 0.25) is 0 Å². The first-order valence-electron chi connectivity index (χ1n) is 5.08. The highest BCUT2D eigenvalue weighted by atomic mass is 16.5. The van der Waals surface area contributed by atoms with Crippen LogP contribution >= 0.6 is 0 Å². The van der Waals surface area contributed by atoms with Crippen molar-refractivity contribution in [2.45, 2.75) is 45.1 Å². The monoisotopic (exact) mass is 186 g/mol. The number of carbonyl (C=O) groups is 1. The molecule has 0 aromatic rings. The maximum absolute atomic E-state index is 10.6. The lowest BCUT2D eigenvalue weighted by Gasteiger charge is -2.25. The third-order valence-corrected chi connectivity index (χ3v) is 2.72. The molecule has 1 fully saturated rings. The van der Waals surface area contributed by atoms with E-state index in [1.54, 1.807) is 0 Å². The average Bonchev–Trinajstić information content (AvgIpc) is 2.00. The second-order valence-corrected chi connectivity index (χ2v) is 3.69. The number of aliphatic carboxylic acids is 1. The Hall–Kier alpha value is -0.570. The van der Waals surface area contributed by atoms with Crippen molar-refractivity contribution >= 4 is 5.97 Å². The summed E-state index contributed by atoms with van der Waals surface area (Å²) >= 11 is 0. The van der Waals surface area contributed by atoms with E-state index >= 15 is 0 Å². The second kappa shape index (κ2) is 5.22. The highest BCUT2D eigenvalue weighted by molar-refractivity contribution is 5.72. The van der Waals surface area contributed by atoms with Crippen molar-refractivity contribution < 1.29 is 14.6 Å². The van der Waals surface area contributed by atoms with Crippen LogP contribution in [0.5, 0.6) is 0 Å². The quantitative estimate of drug-likeness (QED) is 0.690. The van der Waals surface area contributed by atoms with Gasteiger partial charge in [0, 0.05) is 6.61 Å². The van der Waals surface area contributed by atoms with Gasteiger partial charge >= 0.3 is 5.97 Å². The van der Waals surface area contributed by atoms with E-state index < -0.39 is 12.1 Å². The summed E-state index contributed by atoms with van der Waals surface area (Å²) in [4.78, 5) is 10.6. The maximum Gasteiger partial charge on any atom is 0.332 e. The molecule has 13 heavy (non-hydrogen) atoms. The number of carboxylic acid groups (broad SMARTS) is 1. The number of carboxylic acids is 1. The van der Waals surface area contributed by atoms with Crippen LogP contribution in [0.4, 0.5) is 0 Å². The van der Waals surface area contributed by atoms with Crippen LogP contribution in [0.15, 0.2) is 0 Å². The Balaban J connectivity index is 2.05. The normalized spacial score (nSPS) is 19.5. The van der Waals surface area contributed by atoms with Gasteiger partial charge in [0.25, 0.3) is 0 Å². The summed E-state index contributed by atoms with van der Waals surface area (Å²) < 4.78 is 5.26. The molecular formula is C10H18O3. The average molecular weight is 186 g/mol. The number of rotatable bonds is 6. The molecule has 1 rings (SSSR count). The Bertz CT molecular complexity index is 164. The molecule has 0 aromatic heterocycles. The Kier molecular flexibility index (Phi) is 4.22. The summed E-state index contributed by atoms with van der Waals surface area (Å²) in [5.74, 6) is -0.0394. The molecule has 1 aliphatic carbocycles. The second-order valence-electron chi connectivity index (χ2n) is 3.69. The van der Waals surface area contributed by atoms with Gasteiger partial charge in [-0.2, -0.15) is 0 Å². The molecule has 1 saturated carbocycles. The van der Waals surface area contributed by atoms with Crippen LogP contribution in [0.1, 0.15) is 39.0 Å². The molecule has 0 spiro atoms. The zero-order valence-corrected chi connectivity index (χ0v) is 8.16. The van der Waals surface area contributed by atoms with Gasteiger partial charge in [-0.1, -0.05) is 26.2 Å². The minimum Gasteiger partial charge on any atom is -0.479 e. The highest BCUT2D eigenvalue weighted by Crippen LogP contribution is 2.29. The largest absolute Gasteiger partial charge is 0.479 e. The van der Waals surface area contributed by atoms with E-state index in [1.165, 1.54) is 19.3 Å². The Morgan fingerprint density at radius 2 is 2.31 bits per heavy atom. The zero-order valence-electron chi connectivity index (χ0n) is 8.16. The zero-order chi connectivity index (χ0) is 9.68.